The third-order valence-electron chi connectivity index (χ3n) is 3.05. The Morgan fingerprint density at radius 3 is 2.65 bits per heavy atom. The van der Waals surface area contributed by atoms with Crippen molar-refractivity contribution < 1.29 is 9.53 Å². The maximum atomic E-state index is 11.6. The highest BCUT2D eigenvalue weighted by molar-refractivity contribution is 5.69. The van der Waals surface area contributed by atoms with Gasteiger partial charge < -0.3 is 9.64 Å². The molecule has 100 valence electrons. The summed E-state index contributed by atoms with van der Waals surface area (Å²) in [4.78, 5) is 14.1. The van der Waals surface area contributed by atoms with Crippen molar-refractivity contribution in [1.29, 1.82) is 0 Å². The van der Waals surface area contributed by atoms with Crippen LogP contribution in [0.2, 0.25) is 0 Å². The zero-order valence-electron chi connectivity index (χ0n) is 11.7. The number of hydrogen-bond acceptors (Lipinski definition) is 3. The fourth-order valence-corrected chi connectivity index (χ4v) is 2.55. The van der Waals surface area contributed by atoms with E-state index in [2.05, 4.69) is 18.7 Å². The molecule has 3 heteroatoms. The van der Waals surface area contributed by atoms with Crippen molar-refractivity contribution >= 4 is 5.97 Å². The summed E-state index contributed by atoms with van der Waals surface area (Å²) in [6.07, 6.45) is 2.99. The van der Waals surface area contributed by atoms with Crippen molar-refractivity contribution in [3.05, 3.63) is 0 Å². The van der Waals surface area contributed by atoms with Gasteiger partial charge >= 0.3 is 5.97 Å². The fraction of sp³-hybridized carbons (Fsp3) is 0.929. The molecule has 17 heavy (non-hydrogen) atoms. The van der Waals surface area contributed by atoms with Crippen LogP contribution in [0, 0.1) is 11.8 Å². The second-order valence-corrected chi connectivity index (χ2v) is 5.90. The van der Waals surface area contributed by atoms with Crippen LogP contribution in [0.25, 0.3) is 0 Å². The van der Waals surface area contributed by atoms with Crippen molar-refractivity contribution in [2.45, 2.75) is 53.1 Å². The fourth-order valence-electron chi connectivity index (χ4n) is 2.55. The van der Waals surface area contributed by atoms with Gasteiger partial charge in [0.05, 0.1) is 6.10 Å². The third kappa shape index (κ3) is 6.06. The Kier molecular flexibility index (Phi) is 5.96. The van der Waals surface area contributed by atoms with E-state index in [0.717, 1.165) is 13.1 Å². The van der Waals surface area contributed by atoms with Crippen LogP contribution in [0.1, 0.15) is 47.0 Å². The number of likely N-dealkylation sites (tertiary alicyclic amines) is 1. The quantitative estimate of drug-likeness (QED) is 0.693. The summed E-state index contributed by atoms with van der Waals surface area (Å²) in [5.74, 6) is 1.17. The monoisotopic (exact) mass is 241 g/mol. The van der Waals surface area contributed by atoms with Crippen LogP contribution in [0.4, 0.5) is 0 Å². The van der Waals surface area contributed by atoms with Gasteiger partial charge in [0.25, 0.3) is 0 Å². The Morgan fingerprint density at radius 1 is 1.35 bits per heavy atom. The molecule has 0 bridgehead atoms. The lowest BCUT2D eigenvalue weighted by molar-refractivity contribution is -0.149. The lowest BCUT2D eigenvalue weighted by atomic mass is 9.94. The van der Waals surface area contributed by atoms with E-state index in [1.807, 2.05) is 13.8 Å². The van der Waals surface area contributed by atoms with E-state index in [1.54, 1.807) is 0 Å². The van der Waals surface area contributed by atoms with Crippen LogP contribution in [-0.2, 0) is 9.53 Å². The zero-order valence-corrected chi connectivity index (χ0v) is 11.7. The standard InChI is InChI=1S/C14H27NO2/c1-11(2)9-15-7-5-6-13(10-15)8-14(16)17-12(3)4/h11-13H,5-10H2,1-4H3. The largest absolute Gasteiger partial charge is 0.463 e. The van der Waals surface area contributed by atoms with Gasteiger partial charge in [-0.15, -0.1) is 0 Å². The minimum atomic E-state index is -0.0311. The van der Waals surface area contributed by atoms with Gasteiger partial charge in [0, 0.05) is 19.5 Å². The molecule has 0 aromatic rings. The molecule has 0 amide bonds. The number of carbonyl (C=O) groups is 1. The molecular formula is C14H27NO2. The van der Waals surface area contributed by atoms with Gasteiger partial charge in [0.2, 0.25) is 0 Å². The summed E-state index contributed by atoms with van der Waals surface area (Å²) in [5, 5.41) is 0. The molecular weight excluding hydrogens is 214 g/mol. The van der Waals surface area contributed by atoms with Gasteiger partial charge in [-0.3, -0.25) is 4.79 Å². The van der Waals surface area contributed by atoms with Gasteiger partial charge in [-0.05, 0) is 45.1 Å². The molecule has 0 spiro atoms. The highest BCUT2D eigenvalue weighted by atomic mass is 16.5. The summed E-state index contributed by atoms with van der Waals surface area (Å²) in [6.45, 7) is 11.7. The van der Waals surface area contributed by atoms with E-state index in [-0.39, 0.29) is 12.1 Å². The van der Waals surface area contributed by atoms with Gasteiger partial charge in [-0.2, -0.15) is 0 Å². The topological polar surface area (TPSA) is 29.5 Å². The molecule has 0 aromatic carbocycles. The SMILES string of the molecule is CC(C)CN1CCCC(CC(=O)OC(C)C)C1. The summed E-state index contributed by atoms with van der Waals surface area (Å²) in [6, 6.07) is 0. The van der Waals surface area contributed by atoms with E-state index in [9.17, 15) is 4.79 Å². The number of esters is 1. The highest BCUT2D eigenvalue weighted by Crippen LogP contribution is 2.21. The number of carbonyl (C=O) groups excluding carboxylic acids is 1. The van der Waals surface area contributed by atoms with Crippen LogP contribution in [0.15, 0.2) is 0 Å². The van der Waals surface area contributed by atoms with E-state index in [4.69, 9.17) is 4.74 Å². The molecule has 1 saturated heterocycles. The Bertz CT molecular complexity index is 238. The molecule has 1 unspecified atom stereocenters. The lowest BCUT2D eigenvalue weighted by Gasteiger charge is -2.33. The Balaban J connectivity index is 2.31. The average Bonchev–Trinajstić information content (AvgIpc) is 2.14. The van der Waals surface area contributed by atoms with Crippen LogP contribution in [0.5, 0.6) is 0 Å². The third-order valence-corrected chi connectivity index (χ3v) is 3.05. The Hall–Kier alpha value is -0.570. The summed E-state index contributed by atoms with van der Waals surface area (Å²) in [7, 11) is 0. The Labute approximate surface area is 106 Å². The normalized spacial score (nSPS) is 22.1. The predicted molar refractivity (Wildman–Crippen MR) is 69.8 cm³/mol. The summed E-state index contributed by atoms with van der Waals surface area (Å²) < 4.78 is 5.21. The van der Waals surface area contributed by atoms with Crippen LogP contribution in [0.3, 0.4) is 0 Å². The van der Waals surface area contributed by atoms with E-state index < -0.39 is 0 Å². The van der Waals surface area contributed by atoms with E-state index in [1.165, 1.54) is 19.4 Å². The smallest absolute Gasteiger partial charge is 0.306 e. The maximum Gasteiger partial charge on any atom is 0.306 e. The van der Waals surface area contributed by atoms with Gasteiger partial charge in [0.15, 0.2) is 0 Å². The molecule has 0 radical (unpaired) electrons. The predicted octanol–water partition coefficient (Wildman–Crippen LogP) is 2.70. The van der Waals surface area contributed by atoms with Crippen molar-refractivity contribution in [2.24, 2.45) is 11.8 Å². The first-order valence-electron chi connectivity index (χ1n) is 6.89. The molecule has 0 N–H and O–H groups in total. The molecule has 3 nitrogen and oxygen atoms in total. The molecule has 0 saturated carbocycles. The second kappa shape index (κ2) is 7.00. The minimum Gasteiger partial charge on any atom is -0.463 e. The average molecular weight is 241 g/mol. The highest BCUT2D eigenvalue weighted by Gasteiger charge is 2.23. The molecule has 1 atom stereocenters. The molecule has 0 aromatic heterocycles. The van der Waals surface area contributed by atoms with Crippen LogP contribution >= 0.6 is 0 Å². The first-order chi connectivity index (χ1) is 7.97. The first-order valence-corrected chi connectivity index (χ1v) is 6.89. The van der Waals surface area contributed by atoms with Crippen molar-refractivity contribution in [3.63, 3.8) is 0 Å². The number of nitrogens with zero attached hydrogens (tertiary/aromatic N) is 1. The van der Waals surface area contributed by atoms with E-state index in [0.29, 0.717) is 18.3 Å². The lowest BCUT2D eigenvalue weighted by Crippen LogP contribution is -2.38. The maximum absolute atomic E-state index is 11.6. The summed E-state index contributed by atoms with van der Waals surface area (Å²) >= 11 is 0. The van der Waals surface area contributed by atoms with Gasteiger partial charge in [-0.1, -0.05) is 13.8 Å². The number of rotatable bonds is 5. The number of piperidine rings is 1. The summed E-state index contributed by atoms with van der Waals surface area (Å²) in [5.41, 5.74) is 0. The second-order valence-electron chi connectivity index (χ2n) is 5.90. The molecule has 1 aliphatic rings. The molecule has 0 aliphatic carbocycles. The molecule has 1 rings (SSSR count). The van der Waals surface area contributed by atoms with Gasteiger partial charge in [-0.25, -0.2) is 0 Å². The Morgan fingerprint density at radius 2 is 2.06 bits per heavy atom. The molecule has 1 aliphatic heterocycles. The van der Waals surface area contributed by atoms with Gasteiger partial charge in [0.1, 0.15) is 0 Å². The van der Waals surface area contributed by atoms with Crippen LogP contribution < -0.4 is 0 Å². The van der Waals surface area contributed by atoms with E-state index >= 15 is 0 Å². The molecule has 1 fully saturated rings. The van der Waals surface area contributed by atoms with Crippen LogP contribution in [-0.4, -0.2) is 36.6 Å². The first kappa shape index (κ1) is 14.5. The zero-order chi connectivity index (χ0) is 12.8. The minimum absolute atomic E-state index is 0.0119. The van der Waals surface area contributed by atoms with Crippen molar-refractivity contribution in [3.8, 4) is 0 Å². The van der Waals surface area contributed by atoms with Crippen molar-refractivity contribution in [2.75, 3.05) is 19.6 Å². The van der Waals surface area contributed by atoms with Crippen molar-refractivity contribution in [1.82, 2.24) is 4.90 Å². The number of ether oxygens (including phenoxy) is 1. The molecule has 1 heterocycles. The number of hydrogen-bond donors (Lipinski definition) is 0.